The van der Waals surface area contributed by atoms with Crippen LogP contribution in [0.3, 0.4) is 0 Å². The van der Waals surface area contributed by atoms with Crippen LogP contribution < -0.4 is 30.8 Å². The maximum absolute atomic E-state index is 12.0. The number of alkyl halides is 6. The second-order valence-electron chi connectivity index (χ2n) is 7.19. The Balaban J connectivity index is -0.000000127. The molecule has 1 aliphatic heterocycles. The molecule has 0 saturated heterocycles. The molecular formula is C19H34F6N6O8OsS2. The van der Waals surface area contributed by atoms with Crippen LogP contribution in [-0.4, -0.2) is 68.0 Å². The van der Waals surface area contributed by atoms with E-state index >= 15 is 0 Å². The molecule has 1 aliphatic carbocycles. The van der Waals surface area contributed by atoms with Crippen LogP contribution in [0.15, 0.2) is 48.2 Å². The van der Waals surface area contributed by atoms with Crippen molar-refractivity contribution in [2.75, 3.05) is 14.2 Å². The van der Waals surface area contributed by atoms with Gasteiger partial charge in [-0.05, 0) is 41.8 Å². The van der Waals surface area contributed by atoms with Crippen LogP contribution in [0.25, 0.3) is 5.57 Å². The monoisotopic (exact) mass is 844 g/mol. The van der Waals surface area contributed by atoms with Gasteiger partial charge in [0.2, 0.25) is 0 Å². The van der Waals surface area contributed by atoms with Crippen molar-refractivity contribution in [1.29, 1.82) is 0 Å². The number of allylic oxidation sites excluding steroid dienone is 1. The summed E-state index contributed by atoms with van der Waals surface area (Å²) in [5.41, 5.74) is -7.41. The van der Waals surface area contributed by atoms with Crippen molar-refractivity contribution >= 4 is 31.8 Å². The molecule has 250 valence electrons. The molecule has 1 aromatic rings. The largest absolute Gasteiger partial charge is 2.00 e. The van der Waals surface area contributed by atoms with Gasteiger partial charge in [0.15, 0.2) is 20.2 Å². The van der Waals surface area contributed by atoms with E-state index in [-0.39, 0.29) is 68.5 Å². The number of hydrogen-bond acceptors (Lipinski definition) is 14. The van der Waals surface area contributed by atoms with E-state index in [0.717, 1.165) is 12.8 Å². The van der Waals surface area contributed by atoms with Crippen molar-refractivity contribution in [3.05, 3.63) is 53.7 Å². The molecule has 1 heterocycles. The average Bonchev–Trinajstić information content (AvgIpc) is 3.13. The first-order valence-corrected chi connectivity index (χ1v) is 12.3. The van der Waals surface area contributed by atoms with Crippen LogP contribution in [0.5, 0.6) is 0 Å². The van der Waals surface area contributed by atoms with E-state index in [1.807, 2.05) is 13.1 Å². The van der Waals surface area contributed by atoms with Gasteiger partial charge in [0, 0.05) is 7.05 Å². The number of nitrogens with zero attached hydrogens (tertiary/aromatic N) is 1. The van der Waals surface area contributed by atoms with Gasteiger partial charge in [-0.1, -0.05) is 30.3 Å². The molecule has 3 rings (SSSR count). The molecule has 0 bridgehead atoms. The summed E-state index contributed by atoms with van der Waals surface area (Å²) in [6.07, 6.45) is 5.97. The number of hydrogen-bond donors (Lipinski definition) is 5. The number of fused-ring (bicyclic) bond motifs is 1. The van der Waals surface area contributed by atoms with Gasteiger partial charge in [-0.3, -0.25) is 4.79 Å². The molecular weight excluding hydrogens is 809 g/mol. The van der Waals surface area contributed by atoms with E-state index in [1.165, 1.54) is 23.8 Å². The van der Waals surface area contributed by atoms with Gasteiger partial charge >= 0.3 is 36.8 Å². The predicted molar refractivity (Wildman–Crippen MR) is 135 cm³/mol. The Bertz CT molecular complexity index is 1180. The fourth-order valence-corrected chi connectivity index (χ4v) is 3.34. The van der Waals surface area contributed by atoms with Crippen molar-refractivity contribution in [2.24, 2.45) is 5.92 Å². The zero-order valence-corrected chi connectivity index (χ0v) is 26.5. The summed E-state index contributed by atoms with van der Waals surface area (Å²) in [4.78, 5) is 14.1. The van der Waals surface area contributed by atoms with E-state index in [2.05, 4.69) is 41.4 Å². The fourth-order valence-electron chi connectivity index (χ4n) is 3.34. The first kappa shape index (κ1) is 52.5. The second kappa shape index (κ2) is 19.9. The molecule has 0 spiro atoms. The summed E-state index contributed by atoms with van der Waals surface area (Å²) in [5, 5.41) is 0. The SMILES string of the molecule is COC(=O)C1CCC(c2ccccc2)=C2C=CN(C)C21.N.N.N.N.N.O=S(=O)([O-])C(F)(F)F.O=S(=O)([O-])C(F)(F)F.[Os+2]. The molecule has 0 fully saturated rings. The van der Waals surface area contributed by atoms with Crippen LogP contribution >= 0.6 is 0 Å². The maximum atomic E-state index is 12.0. The summed E-state index contributed by atoms with van der Waals surface area (Å²) in [6, 6.07) is 10.6. The summed E-state index contributed by atoms with van der Waals surface area (Å²) in [6.45, 7) is 0. The van der Waals surface area contributed by atoms with E-state index in [9.17, 15) is 31.1 Å². The summed E-state index contributed by atoms with van der Waals surface area (Å²) >= 11 is 0. The summed E-state index contributed by atoms with van der Waals surface area (Å²) in [7, 11) is -8.68. The number of methoxy groups -OCH3 is 1. The Kier molecular flexibility index (Phi) is 24.8. The van der Waals surface area contributed by atoms with Crippen LogP contribution in [0, 0.1) is 5.92 Å². The van der Waals surface area contributed by atoms with Gasteiger partial charge in [0.05, 0.1) is 19.1 Å². The van der Waals surface area contributed by atoms with Crippen molar-refractivity contribution < 1.29 is 81.6 Å². The minimum Gasteiger partial charge on any atom is -0.741 e. The molecule has 0 radical (unpaired) electrons. The van der Waals surface area contributed by atoms with Crippen LogP contribution in [0.2, 0.25) is 0 Å². The van der Waals surface area contributed by atoms with Gasteiger partial charge in [0.25, 0.3) is 0 Å². The third-order valence-electron chi connectivity index (χ3n) is 4.87. The van der Waals surface area contributed by atoms with Crippen molar-refractivity contribution in [3.63, 3.8) is 0 Å². The molecule has 0 amide bonds. The minimum atomic E-state index is -6.09. The molecule has 14 nitrogen and oxygen atoms in total. The number of benzene rings is 1. The van der Waals surface area contributed by atoms with E-state index in [1.54, 1.807) is 0 Å². The van der Waals surface area contributed by atoms with Gasteiger partial charge in [-0.2, -0.15) is 26.3 Å². The van der Waals surface area contributed by atoms with Crippen LogP contribution in [-0.2, 0) is 49.6 Å². The topological polar surface area (TPSA) is 319 Å². The van der Waals surface area contributed by atoms with Gasteiger partial charge in [0.1, 0.15) is 0 Å². The number of esters is 1. The third-order valence-corrected chi connectivity index (χ3v) is 6.01. The molecule has 2 aliphatic rings. The Morgan fingerprint density at radius 1 is 0.881 bits per heavy atom. The number of carbonyl (C=O) groups is 1. The van der Waals surface area contributed by atoms with Gasteiger partial charge in [-0.15, -0.1) is 0 Å². The quantitative estimate of drug-likeness (QED) is 0.123. The van der Waals surface area contributed by atoms with Crippen LogP contribution in [0.1, 0.15) is 18.4 Å². The smallest absolute Gasteiger partial charge is 0.741 e. The zero-order chi connectivity index (χ0) is 28.1. The van der Waals surface area contributed by atoms with E-state index < -0.39 is 31.3 Å². The number of carbonyl (C=O) groups excluding carboxylic acids is 1. The molecule has 15 N–H and O–H groups in total. The summed E-state index contributed by atoms with van der Waals surface area (Å²) < 4.78 is 123. The Morgan fingerprint density at radius 3 is 1.60 bits per heavy atom. The van der Waals surface area contributed by atoms with E-state index in [4.69, 9.17) is 30.7 Å². The Labute approximate surface area is 252 Å². The molecule has 2 atom stereocenters. The standard InChI is InChI=1S/C17H19NO2.2CHF3O3S.5H3N.Os/c1-18-11-10-14-13(12-6-4-3-5-7-12)8-9-15(16(14)18)17(19)20-2;2*2-1(3,4)8(5,6)7;;;;;;/h3-7,10-11,15-16H,8-9H2,1-2H3;2*(H,5,6,7);5*1H3;/q;;;;;;;;+2/p-2. The van der Waals surface area contributed by atoms with Crippen molar-refractivity contribution in [3.8, 4) is 0 Å². The minimum absolute atomic E-state index is 0. The van der Waals surface area contributed by atoms with Gasteiger partial charge in [-0.25, -0.2) is 16.8 Å². The molecule has 0 saturated carbocycles. The molecule has 0 aromatic heterocycles. The number of halogens is 6. The molecule has 23 heteroatoms. The van der Waals surface area contributed by atoms with Crippen molar-refractivity contribution in [2.45, 2.75) is 29.9 Å². The third kappa shape index (κ3) is 14.3. The predicted octanol–water partition coefficient (Wildman–Crippen LogP) is 3.76. The second-order valence-corrected chi connectivity index (χ2v) is 9.94. The molecule has 1 aromatic carbocycles. The van der Waals surface area contributed by atoms with Gasteiger partial charge < -0.3 is 49.5 Å². The fraction of sp³-hybridized carbons (Fsp3) is 0.421. The molecule has 42 heavy (non-hydrogen) atoms. The Hall–Kier alpha value is -2.19. The van der Waals surface area contributed by atoms with Crippen molar-refractivity contribution in [1.82, 2.24) is 35.7 Å². The number of rotatable bonds is 2. The first-order chi connectivity index (χ1) is 16.2. The van der Waals surface area contributed by atoms with Crippen LogP contribution in [0.4, 0.5) is 26.3 Å². The maximum Gasteiger partial charge on any atom is 2.00 e. The number of ether oxygens (including phenoxy) is 1. The average molecular weight is 843 g/mol. The molecule has 2 unspecified atom stereocenters. The zero-order valence-electron chi connectivity index (χ0n) is 22.3. The summed E-state index contributed by atoms with van der Waals surface area (Å²) in [5.74, 6) is -0.169. The number of likely N-dealkylation sites (N-methyl/N-ethyl adjacent to an activating group) is 1. The normalized spacial score (nSPS) is 17.1. The Morgan fingerprint density at radius 2 is 1.26 bits per heavy atom. The van der Waals surface area contributed by atoms with E-state index in [0.29, 0.717) is 0 Å². The first-order valence-electron chi connectivity index (χ1n) is 9.53.